The molecule has 0 fully saturated rings. The number of rotatable bonds is 8. The highest BCUT2D eigenvalue weighted by molar-refractivity contribution is 5.76. The molecule has 140 valence electrons. The van der Waals surface area contributed by atoms with Crippen LogP contribution in [0.4, 0.5) is 4.39 Å². The molecule has 27 heavy (non-hydrogen) atoms. The lowest BCUT2D eigenvalue weighted by molar-refractivity contribution is -0.121. The summed E-state index contributed by atoms with van der Waals surface area (Å²) in [6.07, 6.45) is 0.541. The predicted molar refractivity (Wildman–Crippen MR) is 97.5 cm³/mol. The third-order valence-corrected chi connectivity index (χ3v) is 3.84. The third-order valence-electron chi connectivity index (χ3n) is 3.84. The Morgan fingerprint density at radius 3 is 2.78 bits per heavy atom. The minimum absolute atomic E-state index is 0.116. The highest BCUT2D eigenvalue weighted by Gasteiger charge is 2.11. The molecule has 0 saturated carbocycles. The van der Waals surface area contributed by atoms with Crippen LogP contribution in [0.25, 0.3) is 11.4 Å². The number of carbonyl (C=O) groups excluding carboxylic acids is 1. The van der Waals surface area contributed by atoms with E-state index in [2.05, 4.69) is 15.5 Å². The van der Waals surface area contributed by atoms with Crippen molar-refractivity contribution in [2.75, 3.05) is 6.61 Å². The Balaban J connectivity index is 1.46. The first-order valence-electron chi connectivity index (χ1n) is 8.71. The van der Waals surface area contributed by atoms with Crippen molar-refractivity contribution >= 4 is 5.91 Å². The molecule has 0 saturated heterocycles. The van der Waals surface area contributed by atoms with Crippen LogP contribution in [0, 0.1) is 5.82 Å². The Morgan fingerprint density at radius 2 is 2.04 bits per heavy atom. The fourth-order valence-electron chi connectivity index (χ4n) is 2.48. The van der Waals surface area contributed by atoms with Crippen LogP contribution >= 0.6 is 0 Å². The van der Waals surface area contributed by atoms with Crippen molar-refractivity contribution in [3.8, 4) is 17.1 Å². The van der Waals surface area contributed by atoms with Crippen LogP contribution < -0.4 is 10.1 Å². The number of amides is 1. The van der Waals surface area contributed by atoms with E-state index in [9.17, 15) is 9.18 Å². The summed E-state index contributed by atoms with van der Waals surface area (Å²) in [5.41, 5.74) is 1.52. The maximum absolute atomic E-state index is 13.3. The van der Waals surface area contributed by atoms with E-state index in [-0.39, 0.29) is 18.1 Å². The molecule has 0 radical (unpaired) electrons. The van der Waals surface area contributed by atoms with Gasteiger partial charge in [-0.1, -0.05) is 29.4 Å². The van der Waals surface area contributed by atoms with Crippen molar-refractivity contribution in [2.45, 2.75) is 26.3 Å². The second-order valence-corrected chi connectivity index (χ2v) is 5.88. The molecule has 1 aromatic heterocycles. The quantitative estimate of drug-likeness (QED) is 0.657. The third kappa shape index (κ3) is 5.37. The molecule has 0 atom stereocenters. The number of hydrogen-bond acceptors (Lipinski definition) is 5. The van der Waals surface area contributed by atoms with Gasteiger partial charge in [-0.3, -0.25) is 4.79 Å². The van der Waals surface area contributed by atoms with Crippen LogP contribution in [0.15, 0.2) is 53.1 Å². The van der Waals surface area contributed by atoms with Gasteiger partial charge in [0.2, 0.25) is 17.6 Å². The van der Waals surface area contributed by atoms with E-state index in [1.807, 2.05) is 31.2 Å². The molecule has 0 aliphatic rings. The van der Waals surface area contributed by atoms with Crippen LogP contribution in [0.3, 0.4) is 0 Å². The highest BCUT2D eigenvalue weighted by Crippen LogP contribution is 2.17. The molecular weight excluding hydrogens is 349 g/mol. The highest BCUT2D eigenvalue weighted by atomic mass is 19.1. The molecule has 1 heterocycles. The Labute approximate surface area is 156 Å². The molecule has 6 nitrogen and oxygen atoms in total. The fraction of sp³-hybridized carbons (Fsp3) is 0.250. The van der Waals surface area contributed by atoms with Gasteiger partial charge in [0.05, 0.1) is 6.61 Å². The van der Waals surface area contributed by atoms with Gasteiger partial charge >= 0.3 is 0 Å². The molecule has 0 aliphatic heterocycles. The molecule has 2 aromatic carbocycles. The summed E-state index contributed by atoms with van der Waals surface area (Å²) >= 11 is 0. The Kier molecular flexibility index (Phi) is 6.14. The van der Waals surface area contributed by atoms with Crippen molar-refractivity contribution in [3.05, 3.63) is 65.8 Å². The maximum atomic E-state index is 13.3. The summed E-state index contributed by atoms with van der Waals surface area (Å²) in [5, 5.41) is 6.67. The summed E-state index contributed by atoms with van der Waals surface area (Å²) < 4.78 is 23.8. The van der Waals surface area contributed by atoms with Crippen LogP contribution in [0.1, 0.15) is 24.8 Å². The zero-order valence-electron chi connectivity index (χ0n) is 14.9. The van der Waals surface area contributed by atoms with Crippen LogP contribution in [0.2, 0.25) is 0 Å². The fourth-order valence-corrected chi connectivity index (χ4v) is 2.48. The standard InChI is InChI=1S/C20H20FN3O3/c1-2-26-17-8-6-14(7-9-17)13-22-18(25)10-11-19-23-20(24-27-19)15-4-3-5-16(21)12-15/h3-9,12H,2,10-11,13H2,1H3,(H,22,25). The number of nitrogens with one attached hydrogen (secondary N) is 1. The number of hydrogen-bond donors (Lipinski definition) is 1. The van der Waals surface area contributed by atoms with E-state index in [1.165, 1.54) is 12.1 Å². The van der Waals surface area contributed by atoms with Crippen LogP contribution in [-0.4, -0.2) is 22.7 Å². The van der Waals surface area contributed by atoms with Crippen molar-refractivity contribution in [1.29, 1.82) is 0 Å². The van der Waals surface area contributed by atoms with Gasteiger partial charge < -0.3 is 14.6 Å². The minimum atomic E-state index is -0.368. The molecule has 0 unspecified atom stereocenters. The average molecular weight is 369 g/mol. The van der Waals surface area contributed by atoms with E-state index in [0.717, 1.165) is 11.3 Å². The number of carbonyl (C=O) groups is 1. The van der Waals surface area contributed by atoms with Gasteiger partial charge in [0.25, 0.3) is 0 Å². The smallest absolute Gasteiger partial charge is 0.227 e. The van der Waals surface area contributed by atoms with Crippen LogP contribution in [0.5, 0.6) is 5.75 Å². The summed E-state index contributed by atoms with van der Waals surface area (Å²) in [6.45, 7) is 2.98. The number of nitrogens with zero attached hydrogens (tertiary/aromatic N) is 2. The zero-order chi connectivity index (χ0) is 19.1. The van der Waals surface area contributed by atoms with Gasteiger partial charge in [-0.05, 0) is 36.8 Å². The van der Waals surface area contributed by atoms with Gasteiger partial charge in [0.15, 0.2) is 0 Å². The molecule has 3 rings (SSSR count). The number of aryl methyl sites for hydroxylation is 1. The van der Waals surface area contributed by atoms with E-state index in [4.69, 9.17) is 9.26 Å². The summed E-state index contributed by atoms with van der Waals surface area (Å²) in [6, 6.07) is 13.5. The Bertz CT molecular complexity index is 893. The van der Waals surface area contributed by atoms with E-state index < -0.39 is 0 Å². The number of aromatic nitrogens is 2. The topological polar surface area (TPSA) is 77.2 Å². The SMILES string of the molecule is CCOc1ccc(CNC(=O)CCc2nc(-c3cccc(F)c3)no2)cc1. The molecule has 3 aromatic rings. The lowest BCUT2D eigenvalue weighted by Crippen LogP contribution is -2.23. The molecular formula is C20H20FN3O3. The number of benzene rings is 2. The van der Waals surface area contributed by atoms with Crippen molar-refractivity contribution in [2.24, 2.45) is 0 Å². The zero-order valence-corrected chi connectivity index (χ0v) is 14.9. The van der Waals surface area contributed by atoms with Gasteiger partial charge in [-0.25, -0.2) is 4.39 Å². The molecule has 0 spiro atoms. The largest absolute Gasteiger partial charge is 0.494 e. The van der Waals surface area contributed by atoms with Gasteiger partial charge in [-0.15, -0.1) is 0 Å². The number of halogens is 1. The summed E-state index contributed by atoms with van der Waals surface area (Å²) in [7, 11) is 0. The molecule has 1 amide bonds. The Hall–Kier alpha value is -3.22. The molecule has 0 aliphatic carbocycles. The predicted octanol–water partition coefficient (Wildman–Crippen LogP) is 3.52. The monoisotopic (exact) mass is 369 g/mol. The van der Waals surface area contributed by atoms with Gasteiger partial charge in [0.1, 0.15) is 11.6 Å². The Morgan fingerprint density at radius 1 is 1.22 bits per heavy atom. The normalized spacial score (nSPS) is 10.6. The second-order valence-electron chi connectivity index (χ2n) is 5.88. The van der Waals surface area contributed by atoms with Crippen LogP contribution in [-0.2, 0) is 17.8 Å². The first-order chi connectivity index (χ1) is 13.1. The van der Waals surface area contributed by atoms with E-state index in [1.54, 1.807) is 12.1 Å². The first kappa shape index (κ1) is 18.6. The van der Waals surface area contributed by atoms with Crippen molar-refractivity contribution in [1.82, 2.24) is 15.5 Å². The number of ether oxygens (including phenoxy) is 1. The lowest BCUT2D eigenvalue weighted by Gasteiger charge is -2.06. The lowest BCUT2D eigenvalue weighted by atomic mass is 10.2. The molecule has 7 heteroatoms. The van der Waals surface area contributed by atoms with Gasteiger partial charge in [-0.2, -0.15) is 4.98 Å². The van der Waals surface area contributed by atoms with E-state index in [0.29, 0.717) is 36.9 Å². The molecule has 0 bridgehead atoms. The van der Waals surface area contributed by atoms with Crippen molar-refractivity contribution in [3.63, 3.8) is 0 Å². The van der Waals surface area contributed by atoms with Gasteiger partial charge in [0, 0.05) is 24.9 Å². The van der Waals surface area contributed by atoms with E-state index >= 15 is 0 Å². The van der Waals surface area contributed by atoms with Crippen molar-refractivity contribution < 1.29 is 18.4 Å². The summed E-state index contributed by atoms with van der Waals surface area (Å²) in [4.78, 5) is 16.2. The minimum Gasteiger partial charge on any atom is -0.494 e. The molecule has 1 N–H and O–H groups in total. The first-order valence-corrected chi connectivity index (χ1v) is 8.71. The maximum Gasteiger partial charge on any atom is 0.227 e. The second kappa shape index (κ2) is 8.93. The average Bonchev–Trinajstić information content (AvgIpc) is 3.15. The summed E-state index contributed by atoms with van der Waals surface area (Å²) in [5.74, 6) is 0.963.